The van der Waals surface area contributed by atoms with Gasteiger partial charge in [-0.3, -0.25) is 16.0 Å². The Labute approximate surface area is 110 Å². The smallest absolute Gasteiger partial charge is 0.130 e. The molecular formula is C13H16F2N4. The van der Waals surface area contributed by atoms with Crippen LogP contribution in [0.1, 0.15) is 23.0 Å². The minimum absolute atomic E-state index is 0.336. The number of nitrogens with zero attached hydrogens (tertiary/aromatic N) is 2. The highest BCUT2D eigenvalue weighted by Crippen LogP contribution is 2.21. The average molecular weight is 266 g/mol. The van der Waals surface area contributed by atoms with E-state index in [1.807, 2.05) is 20.0 Å². The Bertz CT molecular complexity index is 580. The van der Waals surface area contributed by atoms with E-state index in [0.29, 0.717) is 12.0 Å². The molecule has 0 fully saturated rings. The third-order valence-electron chi connectivity index (χ3n) is 3.05. The van der Waals surface area contributed by atoms with E-state index in [2.05, 4.69) is 10.5 Å². The van der Waals surface area contributed by atoms with Crippen LogP contribution >= 0.6 is 0 Å². The van der Waals surface area contributed by atoms with Crippen molar-refractivity contribution < 1.29 is 8.78 Å². The van der Waals surface area contributed by atoms with Crippen LogP contribution in [0.25, 0.3) is 0 Å². The fourth-order valence-corrected chi connectivity index (χ4v) is 2.11. The number of benzene rings is 1. The van der Waals surface area contributed by atoms with Gasteiger partial charge in [0.2, 0.25) is 0 Å². The molecule has 2 aromatic rings. The molecule has 1 aromatic carbocycles. The Kier molecular flexibility index (Phi) is 3.92. The summed E-state index contributed by atoms with van der Waals surface area (Å²) in [7, 11) is 1.82. The number of halogens is 2. The van der Waals surface area contributed by atoms with Crippen molar-refractivity contribution in [1.29, 1.82) is 0 Å². The quantitative estimate of drug-likeness (QED) is 0.655. The minimum Gasteiger partial charge on any atom is -0.272 e. The molecule has 1 unspecified atom stereocenters. The predicted octanol–water partition coefficient (Wildman–Crippen LogP) is 1.75. The van der Waals surface area contributed by atoms with Crippen LogP contribution in [-0.4, -0.2) is 9.78 Å². The van der Waals surface area contributed by atoms with Crippen molar-refractivity contribution in [2.24, 2.45) is 12.9 Å². The molecule has 3 N–H and O–H groups in total. The zero-order valence-corrected chi connectivity index (χ0v) is 10.8. The van der Waals surface area contributed by atoms with E-state index in [0.717, 1.165) is 17.5 Å². The van der Waals surface area contributed by atoms with Crippen LogP contribution in [0.3, 0.4) is 0 Å². The average Bonchev–Trinajstić information content (AvgIpc) is 2.65. The maximum atomic E-state index is 13.7. The molecule has 0 aliphatic heterocycles. The molecule has 0 saturated carbocycles. The molecule has 4 nitrogen and oxygen atoms in total. The fourth-order valence-electron chi connectivity index (χ4n) is 2.11. The van der Waals surface area contributed by atoms with Gasteiger partial charge in [0.15, 0.2) is 0 Å². The van der Waals surface area contributed by atoms with Gasteiger partial charge in [-0.25, -0.2) is 8.78 Å². The first-order valence-corrected chi connectivity index (χ1v) is 5.92. The highest BCUT2D eigenvalue weighted by atomic mass is 19.1. The molecule has 6 heteroatoms. The first-order valence-electron chi connectivity index (χ1n) is 5.92. The predicted molar refractivity (Wildman–Crippen MR) is 68.1 cm³/mol. The monoisotopic (exact) mass is 266 g/mol. The Hall–Kier alpha value is -1.79. The van der Waals surface area contributed by atoms with E-state index in [4.69, 9.17) is 5.84 Å². The second-order valence-corrected chi connectivity index (χ2v) is 4.49. The molecule has 0 bridgehead atoms. The summed E-state index contributed by atoms with van der Waals surface area (Å²) in [6.45, 7) is 1.88. The maximum absolute atomic E-state index is 13.7. The molecule has 0 radical (unpaired) electrons. The van der Waals surface area contributed by atoms with Crippen molar-refractivity contribution in [3.8, 4) is 0 Å². The second kappa shape index (κ2) is 5.46. The summed E-state index contributed by atoms with van der Waals surface area (Å²) in [5, 5.41) is 4.22. The van der Waals surface area contributed by atoms with Gasteiger partial charge in [-0.1, -0.05) is 6.07 Å². The SMILES string of the molecule is Cc1cc(CC(NN)c2ccc(F)cc2F)n(C)n1. The van der Waals surface area contributed by atoms with Gasteiger partial charge in [-0.05, 0) is 19.1 Å². The van der Waals surface area contributed by atoms with Crippen LogP contribution in [0.4, 0.5) is 8.78 Å². The van der Waals surface area contributed by atoms with Gasteiger partial charge in [0.1, 0.15) is 11.6 Å². The van der Waals surface area contributed by atoms with Gasteiger partial charge in [0.05, 0.1) is 11.7 Å². The summed E-state index contributed by atoms with van der Waals surface area (Å²) in [6, 6.07) is 4.95. The van der Waals surface area contributed by atoms with Crippen LogP contribution in [0.15, 0.2) is 24.3 Å². The van der Waals surface area contributed by atoms with Gasteiger partial charge in [-0.2, -0.15) is 5.10 Å². The number of hydrogen-bond donors (Lipinski definition) is 2. The van der Waals surface area contributed by atoms with Crippen molar-refractivity contribution in [3.05, 3.63) is 52.9 Å². The number of rotatable bonds is 4. The van der Waals surface area contributed by atoms with Crippen LogP contribution in [0.5, 0.6) is 0 Å². The zero-order chi connectivity index (χ0) is 14.0. The van der Waals surface area contributed by atoms with E-state index in [9.17, 15) is 8.78 Å². The van der Waals surface area contributed by atoms with Crippen molar-refractivity contribution >= 4 is 0 Å². The highest BCUT2D eigenvalue weighted by molar-refractivity contribution is 5.24. The lowest BCUT2D eigenvalue weighted by Crippen LogP contribution is -2.30. The van der Waals surface area contributed by atoms with E-state index in [1.165, 1.54) is 12.1 Å². The third-order valence-corrected chi connectivity index (χ3v) is 3.05. The van der Waals surface area contributed by atoms with Crippen molar-refractivity contribution in [2.45, 2.75) is 19.4 Å². The van der Waals surface area contributed by atoms with Crippen LogP contribution in [0, 0.1) is 18.6 Å². The minimum atomic E-state index is -0.609. The fraction of sp³-hybridized carbons (Fsp3) is 0.308. The number of aromatic nitrogens is 2. The highest BCUT2D eigenvalue weighted by Gasteiger charge is 2.17. The molecular weight excluding hydrogens is 250 g/mol. The summed E-state index contributed by atoms with van der Waals surface area (Å²) in [5.74, 6) is 4.26. The normalized spacial score (nSPS) is 12.7. The van der Waals surface area contributed by atoms with Gasteiger partial charge in [-0.15, -0.1) is 0 Å². The third kappa shape index (κ3) is 2.97. The molecule has 1 heterocycles. The lowest BCUT2D eigenvalue weighted by molar-refractivity contribution is 0.491. The van der Waals surface area contributed by atoms with Crippen molar-refractivity contribution in [2.75, 3.05) is 0 Å². The summed E-state index contributed by atoms with van der Waals surface area (Å²) in [5.41, 5.74) is 4.70. The number of aryl methyl sites for hydroxylation is 2. The van der Waals surface area contributed by atoms with Crippen molar-refractivity contribution in [3.63, 3.8) is 0 Å². The molecule has 0 amide bonds. The molecule has 1 atom stereocenters. The zero-order valence-electron chi connectivity index (χ0n) is 10.8. The summed E-state index contributed by atoms with van der Waals surface area (Å²) >= 11 is 0. The summed E-state index contributed by atoms with van der Waals surface area (Å²) in [6.07, 6.45) is 0.469. The van der Waals surface area contributed by atoms with E-state index < -0.39 is 17.7 Å². The largest absolute Gasteiger partial charge is 0.272 e. The van der Waals surface area contributed by atoms with E-state index >= 15 is 0 Å². The Morgan fingerprint density at radius 2 is 2.11 bits per heavy atom. The Morgan fingerprint density at radius 1 is 1.37 bits per heavy atom. The lowest BCUT2D eigenvalue weighted by Gasteiger charge is -2.17. The van der Waals surface area contributed by atoms with E-state index in [1.54, 1.807) is 4.68 Å². The van der Waals surface area contributed by atoms with Gasteiger partial charge >= 0.3 is 0 Å². The maximum Gasteiger partial charge on any atom is 0.130 e. The molecule has 0 aliphatic rings. The summed E-state index contributed by atoms with van der Waals surface area (Å²) < 4.78 is 28.4. The molecule has 102 valence electrons. The standard InChI is InChI=1S/C13H16F2N4/c1-8-5-10(19(2)18-8)7-13(17-16)11-4-3-9(14)6-12(11)15/h3-6,13,17H,7,16H2,1-2H3. The van der Waals surface area contributed by atoms with Crippen molar-refractivity contribution in [1.82, 2.24) is 15.2 Å². The number of hydrogen-bond acceptors (Lipinski definition) is 3. The molecule has 19 heavy (non-hydrogen) atoms. The second-order valence-electron chi connectivity index (χ2n) is 4.49. The van der Waals surface area contributed by atoms with Gasteiger partial charge in [0, 0.05) is 30.8 Å². The molecule has 2 rings (SSSR count). The number of nitrogens with two attached hydrogens (primary N) is 1. The first-order chi connectivity index (χ1) is 9.01. The van der Waals surface area contributed by atoms with Crippen LogP contribution in [0.2, 0.25) is 0 Å². The molecule has 1 aromatic heterocycles. The summed E-state index contributed by atoms with van der Waals surface area (Å²) in [4.78, 5) is 0. The van der Waals surface area contributed by atoms with Gasteiger partial charge < -0.3 is 0 Å². The molecule has 0 saturated heterocycles. The molecule has 0 spiro atoms. The first kappa shape index (κ1) is 13.6. The Balaban J connectivity index is 2.27. The number of hydrazine groups is 1. The lowest BCUT2D eigenvalue weighted by atomic mass is 10.0. The van der Waals surface area contributed by atoms with E-state index in [-0.39, 0.29) is 0 Å². The topological polar surface area (TPSA) is 55.9 Å². The Morgan fingerprint density at radius 3 is 2.63 bits per heavy atom. The molecule has 0 aliphatic carbocycles. The van der Waals surface area contributed by atoms with Crippen LogP contribution < -0.4 is 11.3 Å². The number of nitrogens with one attached hydrogen (secondary N) is 1. The van der Waals surface area contributed by atoms with Gasteiger partial charge in [0.25, 0.3) is 0 Å². The van der Waals surface area contributed by atoms with Crippen LogP contribution in [-0.2, 0) is 13.5 Å².